The first-order valence-electron chi connectivity index (χ1n) is 8.70. The van der Waals surface area contributed by atoms with Crippen LogP contribution < -0.4 is 10.1 Å². The quantitative estimate of drug-likeness (QED) is 0.731. The molecule has 0 saturated heterocycles. The maximum atomic E-state index is 12.8. The van der Waals surface area contributed by atoms with Gasteiger partial charge >= 0.3 is 0 Å². The fourth-order valence-corrected chi connectivity index (χ4v) is 4.76. The zero-order chi connectivity index (χ0) is 19.9. The number of aryl methyl sites for hydroxylation is 1. The Balaban J connectivity index is 1.76. The largest absolute Gasteiger partial charge is 0.497 e. The molecule has 0 spiro atoms. The highest BCUT2D eigenvalue weighted by Gasteiger charge is 2.33. The first-order valence-corrected chi connectivity index (χ1v) is 10.5. The van der Waals surface area contributed by atoms with Crippen molar-refractivity contribution >= 4 is 21.6 Å². The van der Waals surface area contributed by atoms with Crippen LogP contribution >= 0.6 is 0 Å². The number of hydrogen-bond donors (Lipinski definition) is 1. The molecule has 0 bridgehead atoms. The SMILES string of the molecule is COc1ccc(C(=O)Nc2c3c(nn2-c2ccccc2C)CS(=O)(=O)C3)cc1. The summed E-state index contributed by atoms with van der Waals surface area (Å²) >= 11 is 0. The van der Waals surface area contributed by atoms with Gasteiger partial charge in [-0.05, 0) is 42.8 Å². The third kappa shape index (κ3) is 3.27. The Kier molecular flexibility index (Phi) is 4.43. The monoisotopic (exact) mass is 397 g/mol. The number of hydrogen-bond acceptors (Lipinski definition) is 5. The third-order valence-corrected chi connectivity index (χ3v) is 6.16. The molecule has 8 heteroatoms. The van der Waals surface area contributed by atoms with Crippen molar-refractivity contribution in [2.45, 2.75) is 18.4 Å². The minimum atomic E-state index is -3.25. The number of para-hydroxylation sites is 1. The van der Waals surface area contributed by atoms with Gasteiger partial charge in [0.05, 0.1) is 30.0 Å². The average Bonchev–Trinajstić information content (AvgIpc) is 3.14. The van der Waals surface area contributed by atoms with Gasteiger partial charge in [0.2, 0.25) is 0 Å². The minimum absolute atomic E-state index is 0.118. The standard InChI is InChI=1S/C20H19N3O4S/c1-13-5-3-4-6-18(13)23-19(16-11-28(25,26)12-17(16)22-23)21-20(24)14-7-9-15(27-2)10-8-14/h3-10H,11-12H2,1-2H3,(H,21,24). The van der Waals surface area contributed by atoms with Gasteiger partial charge in [-0.3, -0.25) is 4.79 Å². The van der Waals surface area contributed by atoms with Crippen molar-refractivity contribution in [3.8, 4) is 11.4 Å². The lowest BCUT2D eigenvalue weighted by molar-refractivity contribution is 0.102. The maximum Gasteiger partial charge on any atom is 0.256 e. The summed E-state index contributed by atoms with van der Waals surface area (Å²) < 4.78 is 30.9. The number of anilines is 1. The van der Waals surface area contributed by atoms with Crippen molar-refractivity contribution in [2.75, 3.05) is 12.4 Å². The molecule has 0 atom stereocenters. The van der Waals surface area contributed by atoms with Gasteiger partial charge in [-0.15, -0.1) is 0 Å². The second-order valence-electron chi connectivity index (χ2n) is 6.69. The van der Waals surface area contributed by atoms with Gasteiger partial charge < -0.3 is 10.1 Å². The first kappa shape index (κ1) is 18.2. The van der Waals surface area contributed by atoms with E-state index in [2.05, 4.69) is 10.4 Å². The van der Waals surface area contributed by atoms with Gasteiger partial charge in [-0.1, -0.05) is 18.2 Å². The average molecular weight is 397 g/mol. The molecule has 144 valence electrons. The number of amides is 1. The molecule has 0 aliphatic carbocycles. The smallest absolute Gasteiger partial charge is 0.256 e. The highest BCUT2D eigenvalue weighted by atomic mass is 32.2. The predicted molar refractivity (Wildman–Crippen MR) is 106 cm³/mol. The Morgan fingerprint density at radius 1 is 1.11 bits per heavy atom. The number of aromatic nitrogens is 2. The lowest BCUT2D eigenvalue weighted by Gasteiger charge is -2.13. The Morgan fingerprint density at radius 2 is 1.82 bits per heavy atom. The van der Waals surface area contributed by atoms with Crippen LogP contribution in [0.4, 0.5) is 5.82 Å². The summed E-state index contributed by atoms with van der Waals surface area (Å²) in [5.74, 6) is 0.447. The molecule has 4 rings (SSSR count). The molecule has 2 aromatic carbocycles. The number of carbonyl (C=O) groups excluding carboxylic acids is 1. The van der Waals surface area contributed by atoms with E-state index in [4.69, 9.17) is 4.74 Å². The Morgan fingerprint density at radius 3 is 2.50 bits per heavy atom. The highest BCUT2D eigenvalue weighted by molar-refractivity contribution is 7.90. The number of carbonyl (C=O) groups is 1. The number of methoxy groups -OCH3 is 1. The van der Waals surface area contributed by atoms with Crippen molar-refractivity contribution in [3.63, 3.8) is 0 Å². The molecule has 3 aromatic rings. The molecule has 28 heavy (non-hydrogen) atoms. The molecular weight excluding hydrogens is 378 g/mol. The molecule has 1 aromatic heterocycles. The fourth-order valence-electron chi connectivity index (χ4n) is 3.27. The van der Waals surface area contributed by atoms with Crippen LogP contribution in [0.2, 0.25) is 0 Å². The minimum Gasteiger partial charge on any atom is -0.497 e. The lowest BCUT2D eigenvalue weighted by atomic mass is 10.2. The molecule has 1 aliphatic heterocycles. The maximum absolute atomic E-state index is 12.8. The number of nitrogens with zero attached hydrogens (tertiary/aromatic N) is 2. The summed E-state index contributed by atoms with van der Waals surface area (Å²) in [7, 11) is -1.69. The van der Waals surface area contributed by atoms with Crippen molar-refractivity contribution < 1.29 is 17.9 Å². The molecule has 1 N–H and O–H groups in total. The van der Waals surface area contributed by atoms with E-state index in [0.717, 1.165) is 11.3 Å². The van der Waals surface area contributed by atoms with E-state index < -0.39 is 9.84 Å². The molecule has 1 aliphatic rings. The van der Waals surface area contributed by atoms with Crippen LogP contribution in [0, 0.1) is 6.92 Å². The topological polar surface area (TPSA) is 90.3 Å². The molecule has 0 saturated carbocycles. The molecular formula is C20H19N3O4S. The zero-order valence-corrected chi connectivity index (χ0v) is 16.3. The molecule has 0 fully saturated rings. The van der Waals surface area contributed by atoms with Gasteiger partial charge in [0, 0.05) is 11.1 Å². The molecule has 1 amide bonds. The van der Waals surface area contributed by atoms with Crippen LogP contribution in [-0.4, -0.2) is 31.2 Å². The van der Waals surface area contributed by atoms with E-state index in [1.165, 1.54) is 0 Å². The summed E-state index contributed by atoms with van der Waals surface area (Å²) in [6.07, 6.45) is 0. The molecule has 0 radical (unpaired) electrons. The third-order valence-electron chi connectivity index (χ3n) is 4.72. The zero-order valence-electron chi connectivity index (χ0n) is 15.5. The Bertz CT molecular complexity index is 1160. The lowest BCUT2D eigenvalue weighted by Crippen LogP contribution is -2.17. The first-order chi connectivity index (χ1) is 13.4. The van der Waals surface area contributed by atoms with Crippen LogP contribution in [0.5, 0.6) is 5.75 Å². The van der Waals surface area contributed by atoms with Crippen molar-refractivity contribution in [1.29, 1.82) is 0 Å². The molecule has 0 unspecified atom stereocenters. The van der Waals surface area contributed by atoms with Gasteiger partial charge in [-0.2, -0.15) is 5.10 Å². The summed E-state index contributed by atoms with van der Waals surface area (Å²) in [6.45, 7) is 1.94. The van der Waals surface area contributed by atoms with E-state index in [-0.39, 0.29) is 17.4 Å². The second kappa shape index (κ2) is 6.79. The van der Waals surface area contributed by atoms with Crippen molar-refractivity contribution in [3.05, 3.63) is 70.9 Å². The van der Waals surface area contributed by atoms with Crippen LogP contribution in [0.1, 0.15) is 27.2 Å². The molecule has 2 heterocycles. The summed E-state index contributed by atoms with van der Waals surface area (Å²) in [4.78, 5) is 12.8. The highest BCUT2D eigenvalue weighted by Crippen LogP contribution is 2.33. The predicted octanol–water partition coefficient (Wildman–Crippen LogP) is 2.87. The van der Waals surface area contributed by atoms with Crippen LogP contribution in [0.15, 0.2) is 48.5 Å². The van der Waals surface area contributed by atoms with Crippen LogP contribution in [-0.2, 0) is 21.3 Å². The van der Waals surface area contributed by atoms with E-state index >= 15 is 0 Å². The number of benzene rings is 2. The van der Waals surface area contributed by atoms with E-state index in [0.29, 0.717) is 28.4 Å². The Labute approximate surface area is 162 Å². The summed E-state index contributed by atoms with van der Waals surface area (Å²) in [5.41, 5.74) is 3.22. The van der Waals surface area contributed by atoms with Gasteiger partial charge in [0.1, 0.15) is 11.6 Å². The second-order valence-corrected chi connectivity index (χ2v) is 8.75. The normalized spacial score (nSPS) is 14.5. The fraction of sp³-hybridized carbons (Fsp3) is 0.200. The van der Waals surface area contributed by atoms with E-state index in [9.17, 15) is 13.2 Å². The van der Waals surface area contributed by atoms with Crippen molar-refractivity contribution in [2.24, 2.45) is 0 Å². The summed E-state index contributed by atoms with van der Waals surface area (Å²) in [5, 5.41) is 7.36. The van der Waals surface area contributed by atoms with Gasteiger partial charge in [0.15, 0.2) is 9.84 Å². The van der Waals surface area contributed by atoms with E-state index in [1.54, 1.807) is 36.1 Å². The number of nitrogens with one attached hydrogen (secondary N) is 1. The number of ether oxygens (including phenoxy) is 1. The van der Waals surface area contributed by atoms with E-state index in [1.807, 2.05) is 31.2 Å². The van der Waals surface area contributed by atoms with Gasteiger partial charge in [-0.25, -0.2) is 13.1 Å². The summed E-state index contributed by atoms with van der Waals surface area (Å²) in [6, 6.07) is 14.3. The number of rotatable bonds is 4. The number of sulfone groups is 1. The number of fused-ring (bicyclic) bond motifs is 1. The van der Waals surface area contributed by atoms with Gasteiger partial charge in [0.25, 0.3) is 5.91 Å². The Hall–Kier alpha value is -3.13. The molecule has 7 nitrogen and oxygen atoms in total. The van der Waals surface area contributed by atoms with Crippen LogP contribution in [0.25, 0.3) is 5.69 Å². The van der Waals surface area contributed by atoms with Crippen LogP contribution in [0.3, 0.4) is 0 Å². The van der Waals surface area contributed by atoms with Crippen molar-refractivity contribution in [1.82, 2.24) is 9.78 Å².